The Kier molecular flexibility index (Phi) is 4.32. The maximum absolute atomic E-state index is 7.84. The summed E-state index contributed by atoms with van der Waals surface area (Å²) in [5.41, 5.74) is 21.8. The minimum Gasteiger partial charge on any atom is -0.399 e. The Hall–Kier alpha value is -3.07. The SMILES string of the molecule is CC1=CC(=Cc2ccc(N)c(C)c2-c2ccc(N)c(C)c2)C=CC1=N. The molecule has 0 saturated carbocycles. The zero-order valence-corrected chi connectivity index (χ0v) is 14.9. The summed E-state index contributed by atoms with van der Waals surface area (Å²) in [7, 11) is 0. The van der Waals surface area contributed by atoms with Gasteiger partial charge in [-0.15, -0.1) is 0 Å². The van der Waals surface area contributed by atoms with Crippen molar-refractivity contribution in [2.24, 2.45) is 0 Å². The molecule has 0 unspecified atom stereocenters. The van der Waals surface area contributed by atoms with Crippen molar-refractivity contribution in [1.82, 2.24) is 0 Å². The first-order valence-electron chi connectivity index (χ1n) is 8.29. The van der Waals surface area contributed by atoms with E-state index in [0.29, 0.717) is 5.71 Å². The maximum atomic E-state index is 7.84. The smallest absolute Gasteiger partial charge is 0.0569 e. The van der Waals surface area contributed by atoms with E-state index in [2.05, 4.69) is 12.1 Å². The molecule has 0 heterocycles. The molecule has 1 aliphatic rings. The number of anilines is 2. The molecule has 1 aliphatic carbocycles. The Morgan fingerprint density at radius 3 is 2.32 bits per heavy atom. The van der Waals surface area contributed by atoms with Gasteiger partial charge < -0.3 is 16.9 Å². The molecule has 0 amide bonds. The highest BCUT2D eigenvalue weighted by Gasteiger charge is 2.12. The molecular formula is C22H23N3. The number of hydrogen-bond acceptors (Lipinski definition) is 3. The molecule has 3 rings (SSSR count). The molecule has 2 aromatic rings. The van der Waals surface area contributed by atoms with E-state index < -0.39 is 0 Å². The number of aryl methyl sites for hydroxylation is 1. The van der Waals surface area contributed by atoms with Crippen LogP contribution in [0.15, 0.2) is 59.7 Å². The molecule has 3 nitrogen and oxygen atoms in total. The average molecular weight is 329 g/mol. The van der Waals surface area contributed by atoms with Crippen LogP contribution in [-0.2, 0) is 0 Å². The molecular weight excluding hydrogens is 306 g/mol. The van der Waals surface area contributed by atoms with Gasteiger partial charge in [-0.2, -0.15) is 0 Å². The van der Waals surface area contributed by atoms with E-state index >= 15 is 0 Å². The third-order valence-electron chi connectivity index (χ3n) is 4.67. The standard InChI is InChI=1S/C22H23N3/c1-13-10-16(4-7-19(13)23)12-18-6-9-21(25)15(3)22(18)17-5-8-20(24)14(2)11-17/h4-12,23H,24-25H2,1-3H3. The lowest BCUT2D eigenvalue weighted by atomic mass is 9.90. The fourth-order valence-electron chi connectivity index (χ4n) is 3.04. The van der Waals surface area contributed by atoms with Crippen molar-refractivity contribution in [2.45, 2.75) is 20.8 Å². The van der Waals surface area contributed by atoms with Crippen LogP contribution < -0.4 is 11.5 Å². The first-order chi connectivity index (χ1) is 11.9. The number of rotatable bonds is 2. The van der Waals surface area contributed by atoms with Crippen molar-refractivity contribution in [3.63, 3.8) is 0 Å². The van der Waals surface area contributed by atoms with Gasteiger partial charge in [-0.05, 0) is 96.2 Å². The minimum absolute atomic E-state index is 0.556. The second kappa shape index (κ2) is 6.44. The van der Waals surface area contributed by atoms with Gasteiger partial charge in [-0.25, -0.2) is 0 Å². The van der Waals surface area contributed by atoms with Gasteiger partial charge in [0.2, 0.25) is 0 Å². The molecule has 0 radical (unpaired) electrons. The molecule has 0 spiro atoms. The van der Waals surface area contributed by atoms with Crippen LogP contribution in [0.5, 0.6) is 0 Å². The van der Waals surface area contributed by atoms with Crippen LogP contribution in [0.3, 0.4) is 0 Å². The lowest BCUT2D eigenvalue weighted by Crippen LogP contribution is -1.99. The van der Waals surface area contributed by atoms with Crippen molar-refractivity contribution >= 4 is 23.2 Å². The molecule has 0 saturated heterocycles. The Morgan fingerprint density at radius 2 is 1.64 bits per heavy atom. The molecule has 0 fully saturated rings. The Balaban J connectivity index is 2.19. The fourth-order valence-corrected chi connectivity index (χ4v) is 3.04. The highest BCUT2D eigenvalue weighted by atomic mass is 14.6. The Bertz CT molecular complexity index is 959. The molecule has 0 bridgehead atoms. The number of benzene rings is 2. The van der Waals surface area contributed by atoms with E-state index in [1.807, 2.05) is 63.3 Å². The zero-order chi connectivity index (χ0) is 18.1. The number of nitrogens with two attached hydrogens (primary N) is 2. The summed E-state index contributed by atoms with van der Waals surface area (Å²) in [6, 6.07) is 10.1. The molecule has 2 aromatic carbocycles. The lowest BCUT2D eigenvalue weighted by molar-refractivity contribution is 1.41. The summed E-state index contributed by atoms with van der Waals surface area (Å²) in [5.74, 6) is 0. The molecule has 25 heavy (non-hydrogen) atoms. The van der Waals surface area contributed by atoms with Crippen LogP contribution in [0.1, 0.15) is 23.6 Å². The van der Waals surface area contributed by atoms with E-state index in [0.717, 1.165) is 50.3 Å². The van der Waals surface area contributed by atoms with E-state index in [1.54, 1.807) is 0 Å². The van der Waals surface area contributed by atoms with Crippen LogP contribution in [0, 0.1) is 19.3 Å². The third-order valence-corrected chi connectivity index (χ3v) is 4.67. The topological polar surface area (TPSA) is 75.9 Å². The quantitative estimate of drug-likeness (QED) is 0.674. The molecule has 126 valence electrons. The predicted molar refractivity (Wildman–Crippen MR) is 109 cm³/mol. The van der Waals surface area contributed by atoms with Gasteiger partial charge in [0.05, 0.1) is 5.71 Å². The van der Waals surface area contributed by atoms with Crippen molar-refractivity contribution < 1.29 is 0 Å². The van der Waals surface area contributed by atoms with Crippen molar-refractivity contribution in [3.8, 4) is 11.1 Å². The van der Waals surface area contributed by atoms with E-state index in [-0.39, 0.29) is 0 Å². The minimum atomic E-state index is 0.556. The van der Waals surface area contributed by atoms with Gasteiger partial charge in [0.15, 0.2) is 0 Å². The first-order valence-corrected chi connectivity index (χ1v) is 8.29. The van der Waals surface area contributed by atoms with E-state index in [9.17, 15) is 0 Å². The lowest BCUT2D eigenvalue weighted by Gasteiger charge is -2.15. The second-order valence-electron chi connectivity index (χ2n) is 6.53. The third kappa shape index (κ3) is 3.26. The van der Waals surface area contributed by atoms with Gasteiger partial charge in [-0.3, -0.25) is 0 Å². The summed E-state index contributed by atoms with van der Waals surface area (Å²) < 4.78 is 0. The molecule has 0 atom stereocenters. The van der Waals surface area contributed by atoms with Crippen LogP contribution in [0.25, 0.3) is 17.2 Å². The summed E-state index contributed by atoms with van der Waals surface area (Å²) in [4.78, 5) is 0. The number of nitrogens with one attached hydrogen (secondary N) is 1. The average Bonchev–Trinajstić information content (AvgIpc) is 2.57. The van der Waals surface area contributed by atoms with Gasteiger partial charge in [0.25, 0.3) is 0 Å². The van der Waals surface area contributed by atoms with E-state index in [1.165, 1.54) is 0 Å². The summed E-state index contributed by atoms with van der Waals surface area (Å²) >= 11 is 0. The maximum Gasteiger partial charge on any atom is 0.0569 e. The van der Waals surface area contributed by atoms with Gasteiger partial charge in [0.1, 0.15) is 0 Å². The van der Waals surface area contributed by atoms with Crippen molar-refractivity contribution in [3.05, 3.63) is 76.4 Å². The molecule has 5 N–H and O–H groups in total. The largest absolute Gasteiger partial charge is 0.399 e. The Morgan fingerprint density at radius 1 is 0.920 bits per heavy atom. The number of allylic oxidation sites excluding steroid dienone is 5. The number of nitrogen functional groups attached to an aromatic ring is 2. The van der Waals surface area contributed by atoms with Crippen LogP contribution in [0.4, 0.5) is 11.4 Å². The molecule has 3 heteroatoms. The second-order valence-corrected chi connectivity index (χ2v) is 6.53. The number of hydrogen-bond donors (Lipinski definition) is 3. The zero-order valence-electron chi connectivity index (χ0n) is 14.9. The highest BCUT2D eigenvalue weighted by Crippen LogP contribution is 2.34. The molecule has 0 aromatic heterocycles. The molecule has 0 aliphatic heterocycles. The fraction of sp³-hybridized carbons (Fsp3) is 0.136. The highest BCUT2D eigenvalue weighted by molar-refractivity contribution is 6.08. The summed E-state index contributed by atoms with van der Waals surface area (Å²) in [6.07, 6.45) is 7.98. The van der Waals surface area contributed by atoms with Crippen LogP contribution in [0.2, 0.25) is 0 Å². The van der Waals surface area contributed by atoms with E-state index in [4.69, 9.17) is 16.9 Å². The van der Waals surface area contributed by atoms with Crippen molar-refractivity contribution in [1.29, 1.82) is 5.41 Å². The summed E-state index contributed by atoms with van der Waals surface area (Å²) in [6.45, 7) is 6.02. The monoisotopic (exact) mass is 329 g/mol. The van der Waals surface area contributed by atoms with Gasteiger partial charge >= 0.3 is 0 Å². The normalized spacial score (nSPS) is 15.6. The van der Waals surface area contributed by atoms with Crippen LogP contribution in [-0.4, -0.2) is 5.71 Å². The van der Waals surface area contributed by atoms with Crippen LogP contribution >= 0.6 is 0 Å². The van der Waals surface area contributed by atoms with Gasteiger partial charge in [0, 0.05) is 11.4 Å². The van der Waals surface area contributed by atoms with Crippen molar-refractivity contribution in [2.75, 3.05) is 11.5 Å². The first kappa shape index (κ1) is 16.8. The predicted octanol–water partition coefficient (Wildman–Crippen LogP) is 5.05. The van der Waals surface area contributed by atoms with Gasteiger partial charge in [-0.1, -0.05) is 18.2 Å². The Labute approximate surface area is 148 Å². The summed E-state index contributed by atoms with van der Waals surface area (Å²) in [5, 5.41) is 7.84.